The Labute approximate surface area is 133 Å². The first-order valence-electron chi connectivity index (χ1n) is 6.94. The average molecular weight is 327 g/mol. The van der Waals surface area contributed by atoms with Gasteiger partial charge in [-0.1, -0.05) is 0 Å². The molecule has 1 aromatic rings. The van der Waals surface area contributed by atoms with E-state index >= 15 is 0 Å². The lowest BCUT2D eigenvalue weighted by Gasteiger charge is -2.26. The first kappa shape index (κ1) is 18.6. The SMILES string of the molecule is CC(O)(CNC(=O)OC(C)(C)C)Cn1cccc([N+](=O)[O-])c1=O. The minimum Gasteiger partial charge on any atom is -0.444 e. The Balaban J connectivity index is 2.76. The largest absolute Gasteiger partial charge is 0.444 e. The summed E-state index contributed by atoms with van der Waals surface area (Å²) in [5.74, 6) is 0. The highest BCUT2D eigenvalue weighted by Gasteiger charge is 2.26. The highest BCUT2D eigenvalue weighted by atomic mass is 16.6. The molecule has 9 nitrogen and oxygen atoms in total. The van der Waals surface area contributed by atoms with Crippen LogP contribution in [-0.2, 0) is 11.3 Å². The van der Waals surface area contributed by atoms with Gasteiger partial charge in [0, 0.05) is 12.3 Å². The fourth-order valence-corrected chi connectivity index (χ4v) is 1.79. The van der Waals surface area contributed by atoms with Crippen molar-refractivity contribution in [3.05, 3.63) is 38.8 Å². The molecule has 128 valence electrons. The van der Waals surface area contributed by atoms with E-state index in [1.165, 1.54) is 19.2 Å². The second-order valence-corrected chi connectivity index (χ2v) is 6.44. The summed E-state index contributed by atoms with van der Waals surface area (Å²) in [6, 6.07) is 2.43. The van der Waals surface area contributed by atoms with Crippen LogP contribution in [0.1, 0.15) is 27.7 Å². The van der Waals surface area contributed by atoms with E-state index in [2.05, 4.69) is 5.32 Å². The van der Waals surface area contributed by atoms with Crippen molar-refractivity contribution in [2.24, 2.45) is 0 Å². The molecule has 1 unspecified atom stereocenters. The smallest absolute Gasteiger partial charge is 0.407 e. The lowest BCUT2D eigenvalue weighted by molar-refractivity contribution is -0.386. The van der Waals surface area contributed by atoms with Crippen molar-refractivity contribution in [2.75, 3.05) is 6.54 Å². The molecule has 0 aliphatic heterocycles. The number of aliphatic hydroxyl groups is 1. The first-order chi connectivity index (χ1) is 10.4. The third kappa shape index (κ3) is 6.07. The predicted molar refractivity (Wildman–Crippen MR) is 82.2 cm³/mol. The van der Waals surface area contributed by atoms with Gasteiger partial charge in [-0.2, -0.15) is 0 Å². The number of carbonyl (C=O) groups excluding carboxylic acids is 1. The van der Waals surface area contributed by atoms with Gasteiger partial charge < -0.3 is 19.7 Å². The van der Waals surface area contributed by atoms with Gasteiger partial charge in [0.2, 0.25) is 0 Å². The van der Waals surface area contributed by atoms with Crippen molar-refractivity contribution in [2.45, 2.75) is 45.4 Å². The van der Waals surface area contributed by atoms with Gasteiger partial charge in [0.25, 0.3) is 0 Å². The topological polar surface area (TPSA) is 124 Å². The highest BCUT2D eigenvalue weighted by Crippen LogP contribution is 2.10. The van der Waals surface area contributed by atoms with Crippen molar-refractivity contribution in [1.82, 2.24) is 9.88 Å². The number of nitrogens with zero attached hydrogens (tertiary/aromatic N) is 2. The number of rotatable bonds is 5. The summed E-state index contributed by atoms with van der Waals surface area (Å²) in [5.41, 5.74) is -3.57. The van der Waals surface area contributed by atoms with Crippen molar-refractivity contribution >= 4 is 11.8 Å². The van der Waals surface area contributed by atoms with Crippen LogP contribution < -0.4 is 10.9 Å². The molecule has 0 saturated carbocycles. The van der Waals surface area contributed by atoms with Crippen LogP contribution in [0.25, 0.3) is 0 Å². The molecule has 0 saturated heterocycles. The maximum atomic E-state index is 11.9. The summed E-state index contributed by atoms with van der Waals surface area (Å²) in [6.07, 6.45) is 0.626. The summed E-state index contributed by atoms with van der Waals surface area (Å²) < 4.78 is 6.06. The first-order valence-corrected chi connectivity index (χ1v) is 6.94. The van der Waals surface area contributed by atoms with E-state index < -0.39 is 33.5 Å². The zero-order valence-electron chi connectivity index (χ0n) is 13.5. The summed E-state index contributed by atoms with van der Waals surface area (Å²) in [5, 5.41) is 23.4. The average Bonchev–Trinajstić information content (AvgIpc) is 2.36. The van der Waals surface area contributed by atoms with Crippen LogP contribution in [0.4, 0.5) is 10.5 Å². The molecular formula is C14H21N3O6. The number of ether oxygens (including phenoxy) is 1. The third-order valence-electron chi connectivity index (χ3n) is 2.72. The Morgan fingerprint density at radius 3 is 2.57 bits per heavy atom. The van der Waals surface area contributed by atoms with Gasteiger partial charge >= 0.3 is 17.3 Å². The van der Waals surface area contributed by atoms with Crippen LogP contribution in [0, 0.1) is 10.1 Å². The lowest BCUT2D eigenvalue weighted by Crippen LogP contribution is -2.46. The molecule has 2 N–H and O–H groups in total. The van der Waals surface area contributed by atoms with Crippen molar-refractivity contribution in [1.29, 1.82) is 0 Å². The third-order valence-corrected chi connectivity index (χ3v) is 2.72. The molecule has 0 fully saturated rings. The van der Waals surface area contributed by atoms with Crippen LogP contribution in [0.3, 0.4) is 0 Å². The molecule has 0 radical (unpaired) electrons. The number of carbonyl (C=O) groups is 1. The van der Waals surface area contributed by atoms with Gasteiger partial charge in [-0.05, 0) is 33.8 Å². The summed E-state index contributed by atoms with van der Waals surface area (Å²) in [4.78, 5) is 33.4. The molecule has 0 bridgehead atoms. The molecule has 1 aromatic heterocycles. The Morgan fingerprint density at radius 2 is 2.04 bits per heavy atom. The number of hydrogen-bond donors (Lipinski definition) is 2. The maximum absolute atomic E-state index is 11.9. The van der Waals surface area contributed by atoms with E-state index in [1.54, 1.807) is 20.8 Å². The van der Waals surface area contributed by atoms with E-state index in [-0.39, 0.29) is 13.1 Å². The number of aromatic nitrogens is 1. The molecule has 1 rings (SSSR count). The fourth-order valence-electron chi connectivity index (χ4n) is 1.79. The highest BCUT2D eigenvalue weighted by molar-refractivity contribution is 5.67. The van der Waals surface area contributed by atoms with Crippen LogP contribution in [0.5, 0.6) is 0 Å². The van der Waals surface area contributed by atoms with Crippen LogP contribution in [0.2, 0.25) is 0 Å². The van der Waals surface area contributed by atoms with Crippen LogP contribution in [-0.4, -0.2) is 38.4 Å². The van der Waals surface area contributed by atoms with E-state index in [9.17, 15) is 24.8 Å². The molecule has 1 atom stereocenters. The van der Waals surface area contributed by atoms with E-state index in [0.29, 0.717) is 0 Å². The quantitative estimate of drug-likeness (QED) is 0.615. The van der Waals surface area contributed by atoms with Gasteiger partial charge in [0.15, 0.2) is 0 Å². The van der Waals surface area contributed by atoms with Crippen molar-refractivity contribution in [3.63, 3.8) is 0 Å². The minimum atomic E-state index is -1.49. The number of amides is 1. The number of alkyl carbamates (subject to hydrolysis) is 1. The van der Waals surface area contributed by atoms with Crippen LogP contribution >= 0.6 is 0 Å². The second kappa shape index (κ2) is 6.78. The second-order valence-electron chi connectivity index (χ2n) is 6.44. The molecule has 0 spiro atoms. The Morgan fingerprint density at radius 1 is 1.43 bits per heavy atom. The standard InChI is InChI=1S/C14H21N3O6/c1-13(2,3)23-12(19)15-8-14(4,20)9-16-7-5-6-10(11(16)18)17(21)22/h5-7,20H,8-9H2,1-4H3,(H,15,19). The molecule has 0 aliphatic rings. The van der Waals surface area contributed by atoms with Crippen molar-refractivity contribution in [3.8, 4) is 0 Å². The molecule has 1 heterocycles. The fraction of sp³-hybridized carbons (Fsp3) is 0.571. The molecule has 0 aliphatic carbocycles. The number of hydrogen-bond acceptors (Lipinski definition) is 6. The normalized spacial score (nSPS) is 14.0. The van der Waals surface area contributed by atoms with Gasteiger partial charge in [0.05, 0.1) is 23.6 Å². The minimum absolute atomic E-state index is 0.183. The Hall–Kier alpha value is -2.42. The number of pyridine rings is 1. The summed E-state index contributed by atoms with van der Waals surface area (Å²) >= 11 is 0. The Bertz CT molecular complexity index is 645. The number of nitrogens with one attached hydrogen (secondary N) is 1. The molecule has 23 heavy (non-hydrogen) atoms. The van der Waals surface area contributed by atoms with Gasteiger partial charge in [0.1, 0.15) is 5.60 Å². The molecular weight excluding hydrogens is 306 g/mol. The molecule has 0 aromatic carbocycles. The van der Waals surface area contributed by atoms with Gasteiger partial charge in [-0.3, -0.25) is 14.9 Å². The summed E-state index contributed by atoms with van der Waals surface area (Å²) in [7, 11) is 0. The van der Waals surface area contributed by atoms with Gasteiger partial charge in [-0.25, -0.2) is 4.79 Å². The van der Waals surface area contributed by atoms with Crippen molar-refractivity contribution < 1.29 is 19.6 Å². The maximum Gasteiger partial charge on any atom is 0.407 e. The number of nitro groups is 1. The van der Waals surface area contributed by atoms with Crippen LogP contribution in [0.15, 0.2) is 23.1 Å². The zero-order valence-corrected chi connectivity index (χ0v) is 13.5. The molecule has 1 amide bonds. The molecule has 9 heteroatoms. The van der Waals surface area contributed by atoms with E-state index in [1.807, 2.05) is 0 Å². The zero-order chi connectivity index (χ0) is 17.8. The Kier molecular flexibility index (Phi) is 5.49. The van der Waals surface area contributed by atoms with E-state index in [4.69, 9.17) is 4.74 Å². The predicted octanol–water partition coefficient (Wildman–Crippen LogP) is 1.03. The van der Waals surface area contributed by atoms with Gasteiger partial charge in [-0.15, -0.1) is 0 Å². The lowest BCUT2D eigenvalue weighted by atomic mass is 10.1. The van der Waals surface area contributed by atoms with E-state index in [0.717, 1.165) is 10.6 Å². The summed E-state index contributed by atoms with van der Waals surface area (Å²) in [6.45, 7) is 6.10. The monoisotopic (exact) mass is 327 g/mol.